The zero-order valence-electron chi connectivity index (χ0n) is 26.2. The lowest BCUT2D eigenvalue weighted by Crippen LogP contribution is -2.31. The van der Waals surface area contributed by atoms with Crippen LogP contribution in [0.1, 0.15) is 11.1 Å². The number of hydrogen-bond acceptors (Lipinski definition) is 6. The molecule has 0 unspecified atom stereocenters. The molecule has 0 radical (unpaired) electrons. The standard InChI is InChI=1S/C40H32N8/c1-5-13-33(14-6-1)39-41-45(35-17-9-3-10-18-35)29-47(43-39)37-25-21-31(22-26-37)32-23-27-38(28-24-32)48-30-46(36-19-11-4-12-20-36)42-40(44-48)34-15-7-2-8-16-34/h1-28H,29-30H2/q+2. The second-order valence-electron chi connectivity index (χ2n) is 11.4. The van der Waals surface area contributed by atoms with E-state index in [-0.39, 0.29) is 0 Å². The molecule has 8 rings (SSSR count). The van der Waals surface area contributed by atoms with Gasteiger partial charge in [0.1, 0.15) is 0 Å². The molecule has 0 aliphatic carbocycles. The summed E-state index contributed by atoms with van der Waals surface area (Å²) in [6, 6.07) is 57.6. The predicted molar refractivity (Wildman–Crippen MR) is 190 cm³/mol. The lowest BCUT2D eigenvalue weighted by molar-refractivity contribution is -0.508. The summed E-state index contributed by atoms with van der Waals surface area (Å²) >= 11 is 0. The number of anilines is 2. The molecule has 0 fully saturated rings. The molecule has 0 saturated heterocycles. The van der Waals surface area contributed by atoms with Gasteiger partial charge in [0.25, 0.3) is 13.3 Å². The molecule has 0 saturated carbocycles. The van der Waals surface area contributed by atoms with Gasteiger partial charge in [-0.15, -0.1) is 10.2 Å². The van der Waals surface area contributed by atoms with Gasteiger partial charge in [0.15, 0.2) is 0 Å². The molecule has 8 heteroatoms. The summed E-state index contributed by atoms with van der Waals surface area (Å²) in [6.07, 6.45) is 0. The highest BCUT2D eigenvalue weighted by Gasteiger charge is 2.27. The number of hydrogen-bond donors (Lipinski definition) is 0. The molecule has 8 nitrogen and oxygen atoms in total. The molecular formula is C40H32N8+2. The molecule has 0 N–H and O–H groups in total. The third-order valence-electron chi connectivity index (χ3n) is 8.23. The van der Waals surface area contributed by atoms with Crippen LogP contribution in [0.3, 0.4) is 0 Å². The molecule has 6 aromatic carbocycles. The highest BCUT2D eigenvalue weighted by atomic mass is 15.6. The number of para-hydroxylation sites is 2. The van der Waals surface area contributed by atoms with Crippen molar-refractivity contribution in [3.63, 3.8) is 0 Å². The topological polar surface area (TPSA) is 61.9 Å². The minimum atomic E-state index is 0.502. The van der Waals surface area contributed by atoms with Gasteiger partial charge in [-0.1, -0.05) is 106 Å². The summed E-state index contributed by atoms with van der Waals surface area (Å²) in [7, 11) is 0. The Morgan fingerprint density at radius 1 is 0.354 bits per heavy atom. The normalized spacial score (nSPS) is 14.5. The first-order valence-corrected chi connectivity index (χ1v) is 15.9. The fourth-order valence-electron chi connectivity index (χ4n) is 5.69. The summed E-state index contributed by atoms with van der Waals surface area (Å²) < 4.78 is 3.99. The van der Waals surface area contributed by atoms with E-state index in [4.69, 9.17) is 20.4 Å². The Balaban J connectivity index is 1.05. The molecule has 2 aliphatic heterocycles. The van der Waals surface area contributed by atoms with Crippen molar-refractivity contribution in [2.75, 3.05) is 23.4 Å². The van der Waals surface area contributed by atoms with Crippen LogP contribution in [0.2, 0.25) is 0 Å². The SMILES string of the molecule is c1ccc(C2=NN(c3ccccc3)C[N+](c3ccc(-c4ccc([N+]5=NC(c6ccccc6)=NN(c6ccccc6)C5)cc4)cc3)=N2)cc1. The maximum Gasteiger partial charge on any atom is 0.269 e. The Hall–Kier alpha value is -6.54. The molecule has 2 aliphatic rings. The molecule has 0 atom stereocenters. The van der Waals surface area contributed by atoms with E-state index in [9.17, 15) is 0 Å². The molecular weight excluding hydrogens is 592 g/mol. The number of rotatable bonds is 7. The summed E-state index contributed by atoms with van der Waals surface area (Å²) in [5.74, 6) is 1.33. The molecule has 0 bridgehead atoms. The first-order chi connectivity index (χ1) is 23.8. The average Bonchev–Trinajstić information content (AvgIpc) is 3.19. The fraction of sp³-hybridized carbons (Fsp3) is 0.0500. The van der Waals surface area contributed by atoms with Gasteiger partial charge in [-0.05, 0) is 59.7 Å². The third-order valence-corrected chi connectivity index (χ3v) is 8.23. The predicted octanol–water partition coefficient (Wildman–Crippen LogP) is 9.23. The molecule has 0 aromatic heterocycles. The van der Waals surface area contributed by atoms with E-state index in [1.54, 1.807) is 0 Å². The zero-order chi connectivity index (χ0) is 32.1. The van der Waals surface area contributed by atoms with Crippen molar-refractivity contribution in [1.29, 1.82) is 0 Å². The van der Waals surface area contributed by atoms with E-state index >= 15 is 0 Å². The van der Waals surface area contributed by atoms with Crippen molar-refractivity contribution >= 4 is 34.4 Å². The van der Waals surface area contributed by atoms with Gasteiger partial charge in [0, 0.05) is 45.6 Å². The minimum Gasteiger partial charge on any atom is -0.201 e. The molecule has 2 heterocycles. The Morgan fingerprint density at radius 2 is 0.688 bits per heavy atom. The first kappa shape index (κ1) is 28.9. The molecule has 48 heavy (non-hydrogen) atoms. The van der Waals surface area contributed by atoms with E-state index in [0.717, 1.165) is 45.0 Å². The van der Waals surface area contributed by atoms with Crippen molar-refractivity contribution in [1.82, 2.24) is 0 Å². The van der Waals surface area contributed by atoms with Gasteiger partial charge in [-0.3, -0.25) is 0 Å². The van der Waals surface area contributed by atoms with E-state index in [1.807, 2.05) is 116 Å². The Kier molecular flexibility index (Phi) is 7.86. The molecule has 6 aromatic rings. The van der Waals surface area contributed by atoms with Crippen LogP contribution in [0.15, 0.2) is 190 Å². The van der Waals surface area contributed by atoms with Gasteiger partial charge < -0.3 is 0 Å². The number of azo groups is 4. The Labute approximate surface area is 279 Å². The fourth-order valence-corrected chi connectivity index (χ4v) is 5.69. The summed E-state index contributed by atoms with van der Waals surface area (Å²) in [5, 5.41) is 23.6. The van der Waals surface area contributed by atoms with Gasteiger partial charge >= 0.3 is 0 Å². The number of nitrogens with zero attached hydrogens (tertiary/aromatic N) is 8. The Bertz CT molecular complexity index is 1980. The van der Waals surface area contributed by atoms with Gasteiger partial charge in [0.2, 0.25) is 23.0 Å². The second-order valence-corrected chi connectivity index (χ2v) is 11.4. The van der Waals surface area contributed by atoms with Crippen molar-refractivity contribution in [3.05, 3.63) is 181 Å². The number of benzene rings is 6. The van der Waals surface area contributed by atoms with Crippen molar-refractivity contribution in [3.8, 4) is 11.1 Å². The van der Waals surface area contributed by atoms with Crippen LogP contribution < -0.4 is 10.0 Å². The van der Waals surface area contributed by atoms with Crippen molar-refractivity contribution in [2.45, 2.75) is 0 Å². The quantitative estimate of drug-likeness (QED) is 0.166. The monoisotopic (exact) mass is 624 g/mol. The maximum atomic E-state index is 4.93. The van der Waals surface area contributed by atoms with E-state index in [1.165, 1.54) is 0 Å². The smallest absolute Gasteiger partial charge is 0.201 e. The highest BCUT2D eigenvalue weighted by molar-refractivity contribution is 6.00. The van der Waals surface area contributed by atoms with Gasteiger partial charge in [-0.25, -0.2) is 10.0 Å². The van der Waals surface area contributed by atoms with Crippen LogP contribution in [0.4, 0.5) is 22.7 Å². The number of hydrazone groups is 2. The van der Waals surface area contributed by atoms with Gasteiger partial charge in [0.05, 0.1) is 11.4 Å². The maximum absolute atomic E-state index is 4.93. The average molecular weight is 625 g/mol. The molecule has 230 valence electrons. The highest BCUT2D eigenvalue weighted by Crippen LogP contribution is 2.29. The van der Waals surface area contributed by atoms with Crippen LogP contribution in [0.5, 0.6) is 0 Å². The van der Waals surface area contributed by atoms with Gasteiger partial charge in [-0.2, -0.15) is 0 Å². The molecule has 0 amide bonds. The van der Waals surface area contributed by atoms with Crippen LogP contribution in [0.25, 0.3) is 11.1 Å². The summed E-state index contributed by atoms with van der Waals surface area (Å²) in [6.45, 7) is 1.00. The number of amidine groups is 2. The zero-order valence-corrected chi connectivity index (χ0v) is 26.2. The molecule has 0 spiro atoms. The van der Waals surface area contributed by atoms with Crippen molar-refractivity contribution in [2.24, 2.45) is 20.4 Å². The summed E-state index contributed by atoms with van der Waals surface area (Å²) in [5.41, 5.74) is 8.16. The summed E-state index contributed by atoms with van der Waals surface area (Å²) in [4.78, 5) is 0. The van der Waals surface area contributed by atoms with E-state index in [0.29, 0.717) is 25.0 Å². The van der Waals surface area contributed by atoms with Crippen LogP contribution >= 0.6 is 0 Å². The van der Waals surface area contributed by atoms with E-state index in [2.05, 4.69) is 72.8 Å². The van der Waals surface area contributed by atoms with Crippen LogP contribution in [-0.4, -0.2) is 34.4 Å². The minimum absolute atomic E-state index is 0.502. The van der Waals surface area contributed by atoms with Crippen LogP contribution in [0, 0.1) is 0 Å². The second kappa shape index (κ2) is 13.1. The first-order valence-electron chi connectivity index (χ1n) is 15.9. The van der Waals surface area contributed by atoms with Crippen LogP contribution in [-0.2, 0) is 0 Å². The third kappa shape index (κ3) is 6.15. The van der Waals surface area contributed by atoms with Crippen molar-refractivity contribution < 1.29 is 9.39 Å². The Morgan fingerprint density at radius 3 is 1.04 bits per heavy atom. The lowest BCUT2D eigenvalue weighted by atomic mass is 10.0. The van der Waals surface area contributed by atoms with E-state index < -0.39 is 0 Å². The lowest BCUT2D eigenvalue weighted by Gasteiger charge is -2.20. The largest absolute Gasteiger partial charge is 0.269 e.